The van der Waals surface area contributed by atoms with Crippen molar-refractivity contribution in [3.63, 3.8) is 0 Å². The number of carbonyl (C=O) groups excluding carboxylic acids is 1. The first-order valence-corrected chi connectivity index (χ1v) is 10.7. The molecule has 1 aliphatic rings. The Balaban J connectivity index is 1.76. The Morgan fingerprint density at radius 3 is 2.73 bits per heavy atom. The van der Waals surface area contributed by atoms with Crippen LogP contribution in [0, 0.1) is 19.7 Å². The van der Waals surface area contributed by atoms with Crippen molar-refractivity contribution in [2.24, 2.45) is 7.05 Å². The highest BCUT2D eigenvalue weighted by molar-refractivity contribution is 7.98. The lowest BCUT2D eigenvalue weighted by molar-refractivity contribution is -0.116. The van der Waals surface area contributed by atoms with E-state index in [1.165, 1.54) is 17.8 Å². The number of nitrogens with zero attached hydrogens (tertiary/aromatic N) is 2. The van der Waals surface area contributed by atoms with Crippen LogP contribution in [0.1, 0.15) is 40.2 Å². The quantitative estimate of drug-likeness (QED) is 0.502. The van der Waals surface area contributed by atoms with Crippen LogP contribution in [-0.4, -0.2) is 15.5 Å². The third-order valence-corrected chi connectivity index (χ3v) is 6.50. The first kappa shape index (κ1) is 20.3. The largest absolute Gasteiger partial charge is 0.312 e. The average Bonchev–Trinajstić information content (AvgIpc) is 2.71. The van der Waals surface area contributed by atoms with Gasteiger partial charge in [0.05, 0.1) is 5.56 Å². The molecule has 0 saturated heterocycles. The van der Waals surface area contributed by atoms with Gasteiger partial charge in [0.25, 0.3) is 5.56 Å². The van der Waals surface area contributed by atoms with E-state index in [4.69, 9.17) is 0 Å². The second-order valence-corrected chi connectivity index (χ2v) is 8.51. The summed E-state index contributed by atoms with van der Waals surface area (Å²) in [7, 11) is 1.76. The number of hydrogen-bond acceptors (Lipinski definition) is 4. The molecule has 1 atom stereocenters. The lowest BCUT2D eigenvalue weighted by Gasteiger charge is -2.28. The summed E-state index contributed by atoms with van der Waals surface area (Å²) >= 11 is 1.27. The maximum Gasteiger partial charge on any atom is 0.279 e. The molecule has 7 heteroatoms. The molecule has 5 nitrogen and oxygen atoms in total. The minimum absolute atomic E-state index is 0.139. The molecule has 1 amide bonds. The predicted molar refractivity (Wildman–Crippen MR) is 116 cm³/mol. The minimum atomic E-state index is -0.356. The molecule has 2 aromatic carbocycles. The van der Waals surface area contributed by atoms with Crippen molar-refractivity contribution in [3.05, 3.63) is 86.5 Å². The van der Waals surface area contributed by atoms with Gasteiger partial charge in [-0.2, -0.15) is 4.98 Å². The lowest BCUT2D eigenvalue weighted by Crippen LogP contribution is -2.33. The highest BCUT2D eigenvalue weighted by Gasteiger charge is 2.32. The van der Waals surface area contributed by atoms with Gasteiger partial charge >= 0.3 is 0 Å². The van der Waals surface area contributed by atoms with Crippen molar-refractivity contribution in [2.45, 2.75) is 37.1 Å². The molecular formula is C23H22FN3O2S. The van der Waals surface area contributed by atoms with Crippen LogP contribution in [0.4, 0.5) is 10.2 Å². The molecule has 3 aromatic rings. The molecule has 154 valence electrons. The van der Waals surface area contributed by atoms with Crippen LogP contribution >= 0.6 is 11.8 Å². The number of aromatic nitrogens is 2. The van der Waals surface area contributed by atoms with E-state index < -0.39 is 0 Å². The van der Waals surface area contributed by atoms with Crippen LogP contribution in [0.3, 0.4) is 0 Å². The van der Waals surface area contributed by atoms with Gasteiger partial charge in [-0.05, 0) is 36.6 Å². The Labute approximate surface area is 178 Å². The number of benzene rings is 2. The number of rotatable bonds is 4. The summed E-state index contributed by atoms with van der Waals surface area (Å²) < 4.78 is 15.7. The Morgan fingerprint density at radius 1 is 1.20 bits per heavy atom. The molecule has 1 aliphatic heterocycles. The molecule has 30 heavy (non-hydrogen) atoms. The fraction of sp³-hybridized carbons (Fsp3) is 0.261. The highest BCUT2D eigenvalue weighted by Crippen LogP contribution is 2.37. The zero-order chi connectivity index (χ0) is 21.4. The zero-order valence-electron chi connectivity index (χ0n) is 17.0. The fourth-order valence-electron chi connectivity index (χ4n) is 3.82. The highest BCUT2D eigenvalue weighted by atomic mass is 32.2. The van der Waals surface area contributed by atoms with Crippen molar-refractivity contribution >= 4 is 23.5 Å². The molecule has 1 aromatic heterocycles. The van der Waals surface area contributed by atoms with E-state index in [0.29, 0.717) is 27.9 Å². The average molecular weight is 424 g/mol. The van der Waals surface area contributed by atoms with Crippen LogP contribution in [0.5, 0.6) is 0 Å². The van der Waals surface area contributed by atoms with Gasteiger partial charge in [-0.15, -0.1) is 0 Å². The van der Waals surface area contributed by atoms with Crippen LogP contribution in [0.15, 0.2) is 52.4 Å². The predicted octanol–water partition coefficient (Wildman–Crippen LogP) is 4.30. The van der Waals surface area contributed by atoms with Crippen molar-refractivity contribution in [1.29, 1.82) is 0 Å². The molecule has 2 heterocycles. The van der Waals surface area contributed by atoms with Gasteiger partial charge in [0.1, 0.15) is 11.6 Å². The SMILES string of the molecule is Cc1ccc(C)c(C2CC(=O)Nc3c2c(=O)nc(SCc2ccccc2F)n3C)c1. The number of anilines is 1. The van der Waals surface area contributed by atoms with E-state index in [1.807, 2.05) is 32.0 Å². The van der Waals surface area contributed by atoms with E-state index >= 15 is 0 Å². The molecule has 0 saturated carbocycles. The summed E-state index contributed by atoms with van der Waals surface area (Å²) in [5.74, 6) is 0.0228. The van der Waals surface area contributed by atoms with Crippen LogP contribution in [0.2, 0.25) is 0 Å². The number of halogens is 1. The number of carbonyl (C=O) groups is 1. The maximum absolute atomic E-state index is 13.9. The lowest BCUT2D eigenvalue weighted by atomic mass is 9.84. The number of aryl methyl sites for hydroxylation is 2. The molecule has 0 radical (unpaired) electrons. The summed E-state index contributed by atoms with van der Waals surface area (Å²) in [6.07, 6.45) is 0.204. The van der Waals surface area contributed by atoms with E-state index in [0.717, 1.165) is 16.7 Å². The second-order valence-electron chi connectivity index (χ2n) is 7.57. The van der Waals surface area contributed by atoms with Crippen molar-refractivity contribution in [1.82, 2.24) is 9.55 Å². The fourth-order valence-corrected chi connectivity index (χ4v) is 4.77. The molecule has 0 spiro atoms. The number of amides is 1. The van der Waals surface area contributed by atoms with Gasteiger partial charge < -0.3 is 9.88 Å². The van der Waals surface area contributed by atoms with E-state index in [9.17, 15) is 14.0 Å². The number of hydrogen-bond donors (Lipinski definition) is 1. The van der Waals surface area contributed by atoms with Crippen LogP contribution in [-0.2, 0) is 17.6 Å². The number of nitrogens with one attached hydrogen (secondary N) is 1. The summed E-state index contributed by atoms with van der Waals surface area (Å²) in [5, 5.41) is 3.28. The Hall–Kier alpha value is -2.93. The Kier molecular flexibility index (Phi) is 5.47. The van der Waals surface area contributed by atoms with Gasteiger partial charge in [-0.25, -0.2) is 4.39 Å². The smallest absolute Gasteiger partial charge is 0.279 e. The normalized spacial score (nSPS) is 15.6. The molecule has 0 bridgehead atoms. The van der Waals surface area contributed by atoms with E-state index in [1.54, 1.807) is 29.8 Å². The standard InChI is InChI=1S/C23H22FN3O2S/c1-13-8-9-14(2)16(10-13)17-11-19(28)25-21-20(17)22(29)26-23(27(21)3)30-12-15-6-4-5-7-18(15)24/h4-10,17H,11-12H2,1-3H3,(H,25,28). The molecule has 4 rings (SSSR count). The first-order chi connectivity index (χ1) is 14.3. The van der Waals surface area contributed by atoms with E-state index in [2.05, 4.69) is 10.3 Å². The second kappa shape index (κ2) is 8.07. The number of thioether (sulfide) groups is 1. The van der Waals surface area contributed by atoms with Crippen molar-refractivity contribution in [2.75, 3.05) is 5.32 Å². The summed E-state index contributed by atoms with van der Waals surface area (Å²) in [5.41, 5.74) is 3.76. The van der Waals surface area contributed by atoms with Gasteiger partial charge in [0.2, 0.25) is 5.91 Å². The molecular weight excluding hydrogens is 401 g/mol. The van der Waals surface area contributed by atoms with Crippen molar-refractivity contribution < 1.29 is 9.18 Å². The Bertz CT molecular complexity index is 1210. The van der Waals surface area contributed by atoms with E-state index in [-0.39, 0.29) is 29.6 Å². The van der Waals surface area contributed by atoms with Gasteiger partial charge in [-0.3, -0.25) is 9.59 Å². The monoisotopic (exact) mass is 423 g/mol. The molecule has 0 fully saturated rings. The van der Waals surface area contributed by atoms with Crippen LogP contribution in [0.25, 0.3) is 0 Å². The van der Waals surface area contributed by atoms with Gasteiger partial charge in [-0.1, -0.05) is 53.7 Å². The van der Waals surface area contributed by atoms with Crippen molar-refractivity contribution in [3.8, 4) is 0 Å². The summed E-state index contributed by atoms with van der Waals surface area (Å²) in [4.78, 5) is 29.8. The first-order valence-electron chi connectivity index (χ1n) is 9.69. The topological polar surface area (TPSA) is 64.0 Å². The Morgan fingerprint density at radius 2 is 1.97 bits per heavy atom. The van der Waals surface area contributed by atoms with Gasteiger partial charge in [0.15, 0.2) is 5.16 Å². The molecule has 0 aliphatic carbocycles. The third-order valence-electron chi connectivity index (χ3n) is 5.43. The number of fused-ring (bicyclic) bond motifs is 1. The summed E-state index contributed by atoms with van der Waals surface area (Å²) in [6, 6.07) is 12.6. The third kappa shape index (κ3) is 3.77. The molecule has 1 N–H and O–H groups in total. The minimum Gasteiger partial charge on any atom is -0.312 e. The van der Waals surface area contributed by atoms with Gasteiger partial charge in [0, 0.05) is 25.1 Å². The maximum atomic E-state index is 13.9. The zero-order valence-corrected chi connectivity index (χ0v) is 17.8. The molecule has 1 unspecified atom stereocenters. The summed E-state index contributed by atoms with van der Waals surface area (Å²) in [6.45, 7) is 3.98. The van der Waals surface area contributed by atoms with Crippen LogP contribution < -0.4 is 10.9 Å².